The van der Waals surface area contributed by atoms with Crippen molar-refractivity contribution in [3.05, 3.63) is 63.7 Å². The van der Waals surface area contributed by atoms with Crippen LogP contribution in [0.1, 0.15) is 12.7 Å². The SMILES string of the molecule is CCc1nc2ccc(Cl)cc2c(=O)n1-c1ccc(S(N)(=O)=O)cc1. The van der Waals surface area contributed by atoms with Crippen LogP contribution in [0.25, 0.3) is 16.6 Å². The summed E-state index contributed by atoms with van der Waals surface area (Å²) in [5.41, 5.74) is 0.819. The number of nitrogens with zero attached hydrogens (tertiary/aromatic N) is 2. The Kier molecular flexibility index (Phi) is 4.16. The van der Waals surface area contributed by atoms with Crippen LogP contribution >= 0.6 is 11.6 Å². The van der Waals surface area contributed by atoms with Gasteiger partial charge in [-0.1, -0.05) is 18.5 Å². The number of primary sulfonamides is 1. The number of hydrogen-bond donors (Lipinski definition) is 1. The predicted molar refractivity (Wildman–Crippen MR) is 93.1 cm³/mol. The second-order valence-corrected chi connectivity index (χ2v) is 7.22. The van der Waals surface area contributed by atoms with Gasteiger partial charge in [0.25, 0.3) is 5.56 Å². The molecule has 6 nitrogen and oxygen atoms in total. The molecule has 0 aliphatic rings. The van der Waals surface area contributed by atoms with Crippen LogP contribution in [0.4, 0.5) is 0 Å². The molecule has 24 heavy (non-hydrogen) atoms. The van der Waals surface area contributed by atoms with Gasteiger partial charge in [-0.25, -0.2) is 18.5 Å². The average molecular weight is 364 g/mol. The van der Waals surface area contributed by atoms with E-state index >= 15 is 0 Å². The molecule has 1 aromatic heterocycles. The van der Waals surface area contributed by atoms with Crippen LogP contribution < -0.4 is 10.7 Å². The monoisotopic (exact) mass is 363 g/mol. The van der Waals surface area contributed by atoms with Gasteiger partial charge in [0.2, 0.25) is 10.0 Å². The van der Waals surface area contributed by atoms with Crippen molar-refractivity contribution in [3.63, 3.8) is 0 Å². The fourth-order valence-electron chi connectivity index (χ4n) is 2.49. The molecule has 2 N–H and O–H groups in total. The Bertz CT molecular complexity index is 1090. The Hall–Kier alpha value is -2.22. The lowest BCUT2D eigenvalue weighted by molar-refractivity contribution is 0.598. The Labute approximate surface area is 143 Å². The summed E-state index contributed by atoms with van der Waals surface area (Å²) >= 11 is 5.98. The minimum Gasteiger partial charge on any atom is -0.268 e. The molecule has 0 unspecified atom stereocenters. The van der Waals surface area contributed by atoms with E-state index in [-0.39, 0.29) is 10.5 Å². The number of nitrogens with two attached hydrogens (primary N) is 1. The second-order valence-electron chi connectivity index (χ2n) is 5.22. The zero-order valence-electron chi connectivity index (χ0n) is 12.7. The highest BCUT2D eigenvalue weighted by molar-refractivity contribution is 7.89. The molecule has 0 amide bonds. The number of aromatic nitrogens is 2. The number of benzene rings is 2. The third-order valence-electron chi connectivity index (χ3n) is 3.64. The maximum absolute atomic E-state index is 12.9. The number of aryl methyl sites for hydroxylation is 1. The summed E-state index contributed by atoms with van der Waals surface area (Å²) < 4.78 is 24.2. The van der Waals surface area contributed by atoms with Gasteiger partial charge in [0.05, 0.1) is 21.5 Å². The Morgan fingerprint density at radius 1 is 1.17 bits per heavy atom. The first-order valence-corrected chi connectivity index (χ1v) is 9.08. The summed E-state index contributed by atoms with van der Waals surface area (Å²) in [6.07, 6.45) is 0.532. The highest BCUT2D eigenvalue weighted by Gasteiger charge is 2.13. The fourth-order valence-corrected chi connectivity index (χ4v) is 3.18. The topological polar surface area (TPSA) is 95.0 Å². The lowest BCUT2D eigenvalue weighted by Gasteiger charge is -2.13. The van der Waals surface area contributed by atoms with E-state index in [2.05, 4.69) is 4.98 Å². The minimum absolute atomic E-state index is 0.0193. The molecule has 1 heterocycles. The molecule has 0 saturated carbocycles. The van der Waals surface area contributed by atoms with Crippen LogP contribution in [-0.2, 0) is 16.4 Å². The van der Waals surface area contributed by atoms with Gasteiger partial charge in [-0.15, -0.1) is 0 Å². The lowest BCUT2D eigenvalue weighted by Crippen LogP contribution is -2.23. The van der Waals surface area contributed by atoms with Gasteiger partial charge in [-0.05, 0) is 42.5 Å². The first kappa shape index (κ1) is 16.6. The molecule has 0 radical (unpaired) electrons. The summed E-state index contributed by atoms with van der Waals surface area (Å²) in [4.78, 5) is 17.3. The first-order valence-electron chi connectivity index (χ1n) is 7.15. The van der Waals surface area contributed by atoms with Crippen LogP contribution in [0.3, 0.4) is 0 Å². The Balaban J connectivity index is 2.28. The Morgan fingerprint density at radius 2 is 1.83 bits per heavy atom. The molecular formula is C16H14ClN3O3S. The van der Waals surface area contributed by atoms with E-state index < -0.39 is 10.0 Å². The van der Waals surface area contributed by atoms with Crippen LogP contribution in [0.5, 0.6) is 0 Å². The predicted octanol–water partition coefficient (Wildman–Crippen LogP) is 2.25. The van der Waals surface area contributed by atoms with Gasteiger partial charge < -0.3 is 0 Å². The van der Waals surface area contributed by atoms with Crippen LogP contribution in [-0.4, -0.2) is 18.0 Å². The van der Waals surface area contributed by atoms with Crippen molar-refractivity contribution in [3.8, 4) is 5.69 Å². The van der Waals surface area contributed by atoms with Crippen molar-refractivity contribution < 1.29 is 8.42 Å². The molecule has 0 aliphatic heterocycles. The van der Waals surface area contributed by atoms with Gasteiger partial charge in [-0.3, -0.25) is 9.36 Å². The number of hydrogen-bond acceptors (Lipinski definition) is 4. The van der Waals surface area contributed by atoms with E-state index in [0.29, 0.717) is 33.9 Å². The van der Waals surface area contributed by atoms with Crippen molar-refractivity contribution in [1.82, 2.24) is 9.55 Å². The maximum atomic E-state index is 12.9. The van der Waals surface area contributed by atoms with E-state index in [1.807, 2.05) is 6.92 Å². The summed E-state index contributed by atoms with van der Waals surface area (Å²) in [5, 5.41) is 5.94. The second kappa shape index (κ2) is 6.01. The van der Waals surface area contributed by atoms with Gasteiger partial charge in [-0.2, -0.15) is 0 Å². The summed E-state index contributed by atoms with van der Waals surface area (Å²) in [5.74, 6) is 0.568. The molecule has 2 aromatic carbocycles. The molecule has 8 heteroatoms. The minimum atomic E-state index is -3.79. The van der Waals surface area contributed by atoms with Gasteiger partial charge >= 0.3 is 0 Å². The van der Waals surface area contributed by atoms with Gasteiger partial charge in [0, 0.05) is 11.4 Å². The molecule has 124 valence electrons. The van der Waals surface area contributed by atoms with Crippen molar-refractivity contribution in [1.29, 1.82) is 0 Å². The summed E-state index contributed by atoms with van der Waals surface area (Å²) in [6, 6.07) is 10.7. The number of fused-ring (bicyclic) bond motifs is 1. The quantitative estimate of drug-likeness (QED) is 0.772. The van der Waals surface area contributed by atoms with E-state index in [1.165, 1.54) is 28.8 Å². The Morgan fingerprint density at radius 3 is 2.42 bits per heavy atom. The van der Waals surface area contributed by atoms with Crippen LogP contribution in [0, 0.1) is 0 Å². The zero-order valence-corrected chi connectivity index (χ0v) is 14.3. The van der Waals surface area contributed by atoms with E-state index in [0.717, 1.165) is 0 Å². The molecule has 0 aliphatic carbocycles. The molecule has 3 aromatic rings. The average Bonchev–Trinajstić information content (AvgIpc) is 2.54. The van der Waals surface area contributed by atoms with Gasteiger partial charge in [0.1, 0.15) is 5.82 Å². The highest BCUT2D eigenvalue weighted by atomic mass is 35.5. The molecule has 0 saturated heterocycles. The largest absolute Gasteiger partial charge is 0.268 e. The number of rotatable bonds is 3. The number of sulfonamides is 1. The van der Waals surface area contributed by atoms with Crippen molar-refractivity contribution in [2.75, 3.05) is 0 Å². The summed E-state index contributed by atoms with van der Waals surface area (Å²) in [7, 11) is -3.79. The highest BCUT2D eigenvalue weighted by Crippen LogP contribution is 2.18. The molecular weight excluding hydrogens is 350 g/mol. The van der Waals surface area contributed by atoms with Crippen molar-refractivity contribution >= 4 is 32.5 Å². The molecule has 3 rings (SSSR count). The normalized spacial score (nSPS) is 11.8. The van der Waals surface area contributed by atoms with Gasteiger partial charge in [0.15, 0.2) is 0 Å². The van der Waals surface area contributed by atoms with Crippen molar-refractivity contribution in [2.45, 2.75) is 18.2 Å². The van der Waals surface area contributed by atoms with Crippen LogP contribution in [0.15, 0.2) is 52.2 Å². The molecule has 0 bridgehead atoms. The standard InChI is InChI=1S/C16H14ClN3O3S/c1-2-15-19-14-8-3-10(17)9-13(14)16(21)20(15)11-4-6-12(7-5-11)24(18,22)23/h3-9H,2H2,1H3,(H2,18,22,23). The van der Waals surface area contributed by atoms with E-state index in [9.17, 15) is 13.2 Å². The zero-order chi connectivity index (χ0) is 17.5. The maximum Gasteiger partial charge on any atom is 0.266 e. The smallest absolute Gasteiger partial charge is 0.266 e. The van der Waals surface area contributed by atoms with E-state index in [4.69, 9.17) is 16.7 Å². The third-order valence-corrected chi connectivity index (χ3v) is 4.80. The molecule has 0 spiro atoms. The third kappa shape index (κ3) is 2.93. The van der Waals surface area contributed by atoms with Crippen LogP contribution in [0.2, 0.25) is 5.02 Å². The van der Waals surface area contributed by atoms with Crippen molar-refractivity contribution in [2.24, 2.45) is 5.14 Å². The molecule has 0 fully saturated rings. The summed E-state index contributed by atoms with van der Waals surface area (Å²) in [6.45, 7) is 1.89. The lowest BCUT2D eigenvalue weighted by atomic mass is 10.2. The fraction of sp³-hybridized carbons (Fsp3) is 0.125. The number of halogens is 1. The first-order chi connectivity index (χ1) is 11.3. The van der Waals surface area contributed by atoms with E-state index in [1.54, 1.807) is 18.2 Å². The molecule has 0 atom stereocenters.